The van der Waals surface area contributed by atoms with Gasteiger partial charge in [-0.1, -0.05) is 0 Å². The molecule has 0 N–H and O–H groups in total. The molecule has 0 unspecified atom stereocenters. The first kappa shape index (κ1) is 27.0. The summed E-state index contributed by atoms with van der Waals surface area (Å²) in [6.45, 7) is 0. The Bertz CT molecular complexity index is 8.00. The number of hydrogen-bond donors (Lipinski definition) is 0. The molecule has 0 saturated heterocycles. The van der Waals surface area contributed by atoms with Gasteiger partial charge in [-0.05, 0) is 0 Å². The molecule has 0 bridgehead atoms. The molecule has 0 fully saturated rings. The van der Waals surface area contributed by atoms with Crippen LogP contribution < -0.4 is 0 Å². The van der Waals surface area contributed by atoms with Crippen molar-refractivity contribution in [3.05, 3.63) is 0 Å². The zero-order valence-corrected chi connectivity index (χ0v) is 10.0. The molecule has 0 amide bonds. The first-order chi connectivity index (χ1) is 0. The largest absolute Gasteiger partial charge is 0 e. The molecule has 0 atom stereocenters. The normalized spacial score (nSPS) is 0. The quantitative estimate of drug-likeness (QED) is 0.546. The van der Waals surface area contributed by atoms with Gasteiger partial charge in [-0.3, -0.25) is 0 Å². The van der Waals surface area contributed by atoms with Crippen molar-refractivity contribution in [2.24, 2.45) is 0 Å². The molecule has 2 radical (unpaired) electrons. The maximum absolute atomic E-state index is 0. The van der Waals surface area contributed by atoms with Crippen molar-refractivity contribution in [2.75, 3.05) is 0 Å². The zero-order valence-electron chi connectivity index (χ0n) is 2.02. The van der Waals surface area contributed by atoms with Gasteiger partial charge in [-0.2, -0.15) is 0 Å². The Labute approximate surface area is 94.2 Å². The van der Waals surface area contributed by atoms with E-state index in [9.17, 15) is 0 Å². The second-order valence-electron chi connectivity index (χ2n) is 0. The van der Waals surface area contributed by atoms with Crippen LogP contribution in [-0.4, -0.2) is 0 Å². The van der Waals surface area contributed by atoms with Crippen LogP contribution in [0, 0.1) is 0 Å². The van der Waals surface area contributed by atoms with Gasteiger partial charge < -0.3 is 0 Å². The van der Waals surface area contributed by atoms with Crippen LogP contribution in [0.15, 0.2) is 0 Å². The van der Waals surface area contributed by atoms with Crippen molar-refractivity contribution in [1.82, 2.24) is 0 Å². The summed E-state index contributed by atoms with van der Waals surface area (Å²) in [5.74, 6) is 0. The third-order valence-electron chi connectivity index (χ3n) is 0. The molecule has 0 nitrogen and oxygen atoms in total. The van der Waals surface area contributed by atoms with Gasteiger partial charge in [0.05, 0.1) is 0 Å². The van der Waals surface area contributed by atoms with Crippen molar-refractivity contribution in [3.8, 4) is 0 Å². The molecule has 0 aromatic rings. The van der Waals surface area contributed by atoms with Gasteiger partial charge in [0.2, 0.25) is 0 Å². The zero-order chi connectivity index (χ0) is 0. The number of rotatable bonds is 0. The Balaban J connectivity index is 0. The smallest absolute Gasteiger partial charge is 0 e. The van der Waals surface area contributed by atoms with Gasteiger partial charge in [0.25, 0.3) is 0 Å². The van der Waals surface area contributed by atoms with Crippen LogP contribution in [0.1, 0.15) is 0 Å². The Morgan fingerprint density at radius 3 is 1.00 bits per heavy atom. The van der Waals surface area contributed by atoms with Gasteiger partial charge in [0.1, 0.15) is 0 Å². The van der Waals surface area contributed by atoms with Gasteiger partial charge >= 0.3 is 0 Å². The summed E-state index contributed by atoms with van der Waals surface area (Å²) in [5.41, 5.74) is 0. The molecule has 0 aliphatic rings. The molecule has 0 aromatic heterocycles. The molecule has 0 aromatic carbocycles. The van der Waals surface area contributed by atoms with E-state index in [1.165, 1.54) is 0 Å². The standard InChI is InChI=1S/Nb.Sc.Ti.Zr. The molecular weight excluding hydrogens is 277 g/mol. The summed E-state index contributed by atoms with van der Waals surface area (Å²) in [5, 5.41) is 0. The average molecular weight is 277 g/mol. The minimum atomic E-state index is 0. The van der Waals surface area contributed by atoms with E-state index in [0.29, 0.717) is 0 Å². The summed E-state index contributed by atoms with van der Waals surface area (Å²) in [4.78, 5) is 0. The summed E-state index contributed by atoms with van der Waals surface area (Å²) >= 11 is 0. The van der Waals surface area contributed by atoms with E-state index in [0.717, 1.165) is 0 Å². The van der Waals surface area contributed by atoms with E-state index < -0.39 is 0 Å². The molecule has 0 rings (SSSR count). The average Bonchev–Trinajstić information content (AvgIpc) is 0. The summed E-state index contributed by atoms with van der Waals surface area (Å²) in [6.07, 6.45) is 0. The molecule has 0 aliphatic carbocycles. The Hall–Kier alpha value is 3.21. The predicted molar refractivity (Wildman–Crippen MR) is 0 cm³/mol. The molecule has 0 aliphatic heterocycles. The molecule has 0 heterocycles. The maximum atomic E-state index is 0. The topological polar surface area (TPSA) is 0 Å². The van der Waals surface area contributed by atoms with Crippen LogP contribution in [0.25, 0.3) is 0 Å². The summed E-state index contributed by atoms with van der Waals surface area (Å²) in [6, 6.07) is 0. The summed E-state index contributed by atoms with van der Waals surface area (Å²) < 4.78 is 0. The van der Waals surface area contributed by atoms with Gasteiger partial charge in [-0.15, -0.1) is 0 Å². The maximum Gasteiger partial charge on any atom is 0 e. The van der Waals surface area contributed by atoms with E-state index in [1.54, 1.807) is 0 Å². The first-order valence-electron chi connectivity index (χ1n) is 0. The predicted octanol–water partition coefficient (Wildman–Crippen LogP) is -0.0100. The van der Waals surface area contributed by atoms with E-state index in [2.05, 4.69) is 0 Å². The second-order valence-corrected chi connectivity index (χ2v) is 0. The van der Waals surface area contributed by atoms with Crippen LogP contribution in [0.5, 0.6) is 0 Å². The number of hydrogen-bond acceptors (Lipinski definition) is 0. The van der Waals surface area contributed by atoms with Crippen LogP contribution in [0.4, 0.5) is 0 Å². The second kappa shape index (κ2) is 16.4. The van der Waals surface area contributed by atoms with E-state index in [-0.39, 0.29) is 96.1 Å². The van der Waals surface area contributed by atoms with Crippen molar-refractivity contribution >= 4 is 0 Å². The molecule has 4 heteroatoms. The first-order valence-corrected chi connectivity index (χ1v) is 0. The van der Waals surface area contributed by atoms with Crippen molar-refractivity contribution < 1.29 is 96.1 Å². The fourth-order valence-corrected chi connectivity index (χ4v) is 0. The minimum absolute atomic E-state index is 0. The van der Waals surface area contributed by atoms with Gasteiger partial charge in [0, 0.05) is 96.1 Å². The molecule has 0 spiro atoms. The van der Waals surface area contributed by atoms with Gasteiger partial charge in [-0.25, -0.2) is 0 Å². The van der Waals surface area contributed by atoms with E-state index >= 15 is 0 Å². The van der Waals surface area contributed by atoms with Crippen molar-refractivity contribution in [3.63, 3.8) is 0 Å². The Kier molecular flexibility index (Phi) is 110. The Morgan fingerprint density at radius 1 is 1.00 bits per heavy atom. The van der Waals surface area contributed by atoms with Gasteiger partial charge in [0.15, 0.2) is 0 Å². The molecule has 4 heavy (non-hydrogen) atoms. The molecular formula is NbScTiZr. The fraction of sp³-hybridized carbons (Fsp3) is 0. The molecule has 16 valence electrons. The van der Waals surface area contributed by atoms with Crippen LogP contribution in [-0.2, 0) is 96.1 Å². The Morgan fingerprint density at radius 2 is 1.00 bits per heavy atom. The summed E-state index contributed by atoms with van der Waals surface area (Å²) in [7, 11) is 0. The van der Waals surface area contributed by atoms with Crippen molar-refractivity contribution in [1.29, 1.82) is 0 Å². The van der Waals surface area contributed by atoms with E-state index in [4.69, 9.17) is 0 Å². The van der Waals surface area contributed by atoms with Crippen LogP contribution in [0.2, 0.25) is 0 Å². The minimum Gasteiger partial charge on any atom is 0 e. The molecule has 0 saturated carbocycles. The fourth-order valence-electron chi connectivity index (χ4n) is 0. The van der Waals surface area contributed by atoms with Crippen LogP contribution in [0.3, 0.4) is 0 Å². The SMILES string of the molecule is [Nb].[Sc].[Ti].[Zr]. The van der Waals surface area contributed by atoms with Crippen LogP contribution >= 0.6 is 0 Å². The third kappa shape index (κ3) is 8.96. The monoisotopic (exact) mass is 276 g/mol. The van der Waals surface area contributed by atoms with Crippen molar-refractivity contribution in [2.45, 2.75) is 0 Å². The van der Waals surface area contributed by atoms with E-state index in [1.807, 2.05) is 0 Å². The third-order valence-corrected chi connectivity index (χ3v) is 0.